The van der Waals surface area contributed by atoms with Crippen molar-refractivity contribution in [1.29, 1.82) is 0 Å². The number of likely N-dealkylation sites (N-methyl/N-ethyl adjacent to an activating group) is 1. The summed E-state index contributed by atoms with van der Waals surface area (Å²) in [4.78, 5) is 12.8. The molecule has 0 aromatic carbocycles. The maximum absolute atomic E-state index is 10.7. The minimum atomic E-state index is -0.775. The zero-order valence-corrected chi connectivity index (χ0v) is 15.5. The van der Waals surface area contributed by atoms with E-state index in [0.29, 0.717) is 19.3 Å². The van der Waals surface area contributed by atoms with E-state index in [1.807, 2.05) is 14.0 Å². The van der Waals surface area contributed by atoms with Gasteiger partial charge in [-0.1, -0.05) is 33.6 Å². The number of hydrogen-bond acceptors (Lipinski definition) is 4. The summed E-state index contributed by atoms with van der Waals surface area (Å²) >= 11 is 0. The molecule has 0 aliphatic rings. The minimum absolute atomic E-state index is 0.0655. The molecule has 0 bridgehead atoms. The minimum Gasteiger partial charge on any atom is -0.481 e. The van der Waals surface area contributed by atoms with E-state index < -0.39 is 12.1 Å². The van der Waals surface area contributed by atoms with Crippen LogP contribution < -0.4 is 0 Å². The average Bonchev–Trinajstić information content (AvgIpc) is 2.50. The van der Waals surface area contributed by atoms with Gasteiger partial charge in [0.05, 0.1) is 18.1 Å². The fourth-order valence-electron chi connectivity index (χ4n) is 2.85. The molecule has 0 amide bonds. The van der Waals surface area contributed by atoms with Gasteiger partial charge in [-0.2, -0.15) is 0 Å². The molecule has 0 saturated heterocycles. The summed E-state index contributed by atoms with van der Waals surface area (Å²) in [6, 6.07) is 0.0655. The molecule has 0 radical (unpaired) electrons. The lowest BCUT2D eigenvalue weighted by Crippen LogP contribution is -2.43. The predicted octanol–water partition coefficient (Wildman–Crippen LogP) is 2.75. The van der Waals surface area contributed by atoms with Gasteiger partial charge in [-0.15, -0.1) is 0 Å². The summed E-state index contributed by atoms with van der Waals surface area (Å²) in [5.41, 5.74) is 0. The third-order valence-electron chi connectivity index (χ3n) is 4.93. The van der Waals surface area contributed by atoms with Crippen LogP contribution in [0.25, 0.3) is 0 Å². The Morgan fingerprint density at radius 3 is 2.17 bits per heavy atom. The van der Waals surface area contributed by atoms with E-state index in [1.54, 1.807) is 6.92 Å². The van der Waals surface area contributed by atoms with Gasteiger partial charge < -0.3 is 20.2 Å². The number of aliphatic hydroxyl groups excluding tert-OH is 2. The fourth-order valence-corrected chi connectivity index (χ4v) is 2.85. The molecular formula is C18H37NO4. The lowest BCUT2D eigenvalue weighted by Gasteiger charge is -2.32. The standard InChI is InChI=1S/C18H37NO4/c1-6-8-13(2)17(21)15(4)19(5)12-11-16(20)10-7-9-14(3)18(22)23/h13-17,20-21H,6-12H2,1-5H3,(H,22,23)/t13-,14?,15?,16?,17?/m0/s1. The molecule has 0 aromatic heterocycles. The Balaban J connectivity index is 4.02. The molecule has 5 atom stereocenters. The molecule has 0 fully saturated rings. The van der Waals surface area contributed by atoms with Crippen molar-refractivity contribution in [3.8, 4) is 0 Å². The van der Waals surface area contributed by atoms with Crippen molar-refractivity contribution in [2.75, 3.05) is 13.6 Å². The van der Waals surface area contributed by atoms with Gasteiger partial charge in [0.1, 0.15) is 0 Å². The van der Waals surface area contributed by atoms with E-state index in [4.69, 9.17) is 5.11 Å². The highest BCUT2D eigenvalue weighted by molar-refractivity contribution is 5.69. The summed E-state index contributed by atoms with van der Waals surface area (Å²) in [5, 5.41) is 29.2. The molecule has 0 spiro atoms. The van der Waals surface area contributed by atoms with Crippen LogP contribution in [0, 0.1) is 11.8 Å². The second-order valence-corrected chi connectivity index (χ2v) is 7.09. The van der Waals surface area contributed by atoms with Gasteiger partial charge in [-0.3, -0.25) is 4.79 Å². The monoisotopic (exact) mass is 331 g/mol. The van der Waals surface area contributed by atoms with Crippen molar-refractivity contribution >= 4 is 5.97 Å². The molecule has 5 nitrogen and oxygen atoms in total. The summed E-state index contributed by atoms with van der Waals surface area (Å²) in [5.74, 6) is -0.844. The van der Waals surface area contributed by atoms with Crippen LogP contribution in [0.2, 0.25) is 0 Å². The molecule has 0 aliphatic carbocycles. The number of aliphatic carboxylic acids is 1. The largest absolute Gasteiger partial charge is 0.481 e. The van der Waals surface area contributed by atoms with E-state index in [9.17, 15) is 15.0 Å². The average molecular weight is 331 g/mol. The van der Waals surface area contributed by atoms with Crippen LogP contribution in [0.1, 0.15) is 66.2 Å². The van der Waals surface area contributed by atoms with Crippen LogP contribution >= 0.6 is 0 Å². The Kier molecular flexibility index (Phi) is 11.5. The Morgan fingerprint density at radius 2 is 1.65 bits per heavy atom. The molecule has 3 N–H and O–H groups in total. The number of aliphatic hydroxyl groups is 2. The van der Waals surface area contributed by atoms with Gasteiger partial charge in [-0.05, 0) is 45.6 Å². The highest BCUT2D eigenvalue weighted by Crippen LogP contribution is 2.17. The summed E-state index contributed by atoms with van der Waals surface area (Å²) < 4.78 is 0. The zero-order valence-electron chi connectivity index (χ0n) is 15.5. The van der Waals surface area contributed by atoms with Crippen molar-refractivity contribution < 1.29 is 20.1 Å². The van der Waals surface area contributed by atoms with Crippen LogP contribution in [0.4, 0.5) is 0 Å². The molecule has 0 aliphatic heterocycles. The lowest BCUT2D eigenvalue weighted by atomic mass is 9.93. The van der Waals surface area contributed by atoms with Gasteiger partial charge in [-0.25, -0.2) is 0 Å². The molecule has 138 valence electrons. The van der Waals surface area contributed by atoms with Gasteiger partial charge in [0.15, 0.2) is 0 Å². The number of hydrogen-bond donors (Lipinski definition) is 3. The number of carbonyl (C=O) groups is 1. The lowest BCUT2D eigenvalue weighted by molar-refractivity contribution is -0.141. The number of nitrogens with zero attached hydrogens (tertiary/aromatic N) is 1. The van der Waals surface area contributed by atoms with Crippen LogP contribution in [-0.4, -0.2) is 58.0 Å². The van der Waals surface area contributed by atoms with Gasteiger partial charge in [0.2, 0.25) is 0 Å². The molecule has 0 saturated carbocycles. The molecular weight excluding hydrogens is 294 g/mol. The number of carboxylic acid groups (broad SMARTS) is 1. The van der Waals surface area contributed by atoms with E-state index in [2.05, 4.69) is 18.7 Å². The molecule has 23 heavy (non-hydrogen) atoms. The first-order valence-electron chi connectivity index (χ1n) is 8.99. The van der Waals surface area contributed by atoms with Crippen molar-refractivity contribution in [2.45, 2.75) is 84.5 Å². The van der Waals surface area contributed by atoms with Crippen LogP contribution in [0.15, 0.2) is 0 Å². The summed E-state index contributed by atoms with van der Waals surface area (Å²) in [6.45, 7) is 8.66. The van der Waals surface area contributed by atoms with E-state index >= 15 is 0 Å². The van der Waals surface area contributed by atoms with Crippen molar-refractivity contribution in [3.63, 3.8) is 0 Å². The first-order valence-corrected chi connectivity index (χ1v) is 8.99. The van der Waals surface area contributed by atoms with Crippen molar-refractivity contribution in [2.24, 2.45) is 11.8 Å². The third kappa shape index (κ3) is 9.28. The normalized spacial score (nSPS) is 18.4. The zero-order chi connectivity index (χ0) is 18.0. The first-order chi connectivity index (χ1) is 10.7. The highest BCUT2D eigenvalue weighted by Gasteiger charge is 2.24. The van der Waals surface area contributed by atoms with Gasteiger partial charge >= 0.3 is 5.97 Å². The van der Waals surface area contributed by atoms with Crippen molar-refractivity contribution in [1.82, 2.24) is 4.90 Å². The van der Waals surface area contributed by atoms with Crippen LogP contribution in [0.5, 0.6) is 0 Å². The Bertz CT molecular complexity index is 324. The predicted molar refractivity (Wildman–Crippen MR) is 93.4 cm³/mol. The number of rotatable bonds is 13. The van der Waals surface area contributed by atoms with Crippen molar-refractivity contribution in [3.05, 3.63) is 0 Å². The molecule has 5 heteroatoms. The topological polar surface area (TPSA) is 81.0 Å². The SMILES string of the molecule is CCC[C@H](C)C(O)C(C)N(C)CCC(O)CCCC(C)C(=O)O. The molecule has 4 unspecified atom stereocenters. The quantitative estimate of drug-likeness (QED) is 0.483. The smallest absolute Gasteiger partial charge is 0.306 e. The van der Waals surface area contributed by atoms with Crippen LogP contribution in [-0.2, 0) is 4.79 Å². The second-order valence-electron chi connectivity index (χ2n) is 7.09. The summed E-state index contributed by atoms with van der Waals surface area (Å²) in [7, 11) is 1.98. The fraction of sp³-hybridized carbons (Fsp3) is 0.944. The highest BCUT2D eigenvalue weighted by atomic mass is 16.4. The Hall–Kier alpha value is -0.650. The van der Waals surface area contributed by atoms with Crippen LogP contribution in [0.3, 0.4) is 0 Å². The Labute approximate surface area is 141 Å². The van der Waals surface area contributed by atoms with Gasteiger partial charge in [0.25, 0.3) is 0 Å². The molecule has 0 rings (SSSR count). The maximum Gasteiger partial charge on any atom is 0.306 e. The maximum atomic E-state index is 10.7. The van der Waals surface area contributed by atoms with E-state index in [1.165, 1.54) is 0 Å². The second kappa shape index (κ2) is 11.8. The number of carboxylic acids is 1. The Morgan fingerprint density at radius 1 is 1.04 bits per heavy atom. The first kappa shape index (κ1) is 22.4. The summed E-state index contributed by atoms with van der Waals surface area (Å²) in [6.07, 6.45) is 3.94. The molecule has 0 heterocycles. The molecule has 0 aromatic rings. The van der Waals surface area contributed by atoms with Gasteiger partial charge in [0, 0.05) is 12.6 Å². The van der Waals surface area contributed by atoms with E-state index in [-0.39, 0.29) is 24.0 Å². The third-order valence-corrected chi connectivity index (χ3v) is 4.93. The van der Waals surface area contributed by atoms with E-state index in [0.717, 1.165) is 25.8 Å².